The Morgan fingerprint density at radius 1 is 1.29 bits per heavy atom. The SMILES string of the molecule is CN1CCCCCC1C(=O)NCc1nc(Cc2ccccc2)no1. The monoisotopic (exact) mass is 328 g/mol. The maximum Gasteiger partial charge on any atom is 0.246 e. The van der Waals surface area contributed by atoms with Crippen molar-refractivity contribution >= 4 is 5.91 Å². The molecule has 1 aliphatic rings. The number of nitrogens with zero attached hydrogens (tertiary/aromatic N) is 3. The zero-order valence-electron chi connectivity index (χ0n) is 14.1. The molecule has 0 bridgehead atoms. The quantitative estimate of drug-likeness (QED) is 0.910. The molecule has 3 rings (SSSR count). The molecule has 0 spiro atoms. The molecule has 0 radical (unpaired) electrons. The van der Waals surface area contributed by atoms with Crippen LogP contribution in [0.1, 0.15) is 43.0 Å². The van der Waals surface area contributed by atoms with Crippen molar-refractivity contribution in [1.29, 1.82) is 0 Å². The minimum absolute atomic E-state index is 0.0437. The van der Waals surface area contributed by atoms with Crippen LogP contribution in [0.15, 0.2) is 34.9 Å². The summed E-state index contributed by atoms with van der Waals surface area (Å²) in [6.07, 6.45) is 4.99. The van der Waals surface area contributed by atoms with E-state index in [2.05, 4.69) is 20.4 Å². The van der Waals surface area contributed by atoms with E-state index in [4.69, 9.17) is 4.52 Å². The summed E-state index contributed by atoms with van der Waals surface area (Å²) in [6, 6.07) is 9.95. The number of benzene rings is 1. The fourth-order valence-corrected chi connectivity index (χ4v) is 3.08. The van der Waals surface area contributed by atoms with Gasteiger partial charge in [-0.25, -0.2) is 0 Å². The van der Waals surface area contributed by atoms with Crippen LogP contribution in [0.4, 0.5) is 0 Å². The fourth-order valence-electron chi connectivity index (χ4n) is 3.08. The predicted molar refractivity (Wildman–Crippen MR) is 90.3 cm³/mol. The second-order valence-corrected chi connectivity index (χ2v) is 6.33. The van der Waals surface area contributed by atoms with Crippen LogP contribution in [-0.4, -0.2) is 40.6 Å². The smallest absolute Gasteiger partial charge is 0.246 e. The highest BCUT2D eigenvalue weighted by molar-refractivity contribution is 5.81. The Labute approximate surface area is 142 Å². The molecule has 1 aromatic heterocycles. The predicted octanol–water partition coefficient (Wildman–Crippen LogP) is 2.15. The molecule has 2 aromatic rings. The lowest BCUT2D eigenvalue weighted by Crippen LogP contribution is -2.44. The van der Waals surface area contributed by atoms with Crippen LogP contribution in [-0.2, 0) is 17.8 Å². The van der Waals surface area contributed by atoms with Crippen molar-refractivity contribution in [3.63, 3.8) is 0 Å². The Kier molecular flexibility index (Phi) is 5.59. The molecule has 1 aromatic carbocycles. The Morgan fingerprint density at radius 2 is 2.12 bits per heavy atom. The first kappa shape index (κ1) is 16.6. The summed E-state index contributed by atoms with van der Waals surface area (Å²) >= 11 is 0. The van der Waals surface area contributed by atoms with E-state index in [0.29, 0.717) is 18.1 Å². The number of nitrogens with one attached hydrogen (secondary N) is 1. The summed E-state index contributed by atoms with van der Waals surface area (Å²) in [7, 11) is 2.01. The molecule has 6 heteroatoms. The maximum atomic E-state index is 12.4. The first-order valence-electron chi connectivity index (χ1n) is 8.56. The number of likely N-dealkylation sites (tertiary alicyclic amines) is 1. The zero-order chi connectivity index (χ0) is 16.8. The van der Waals surface area contributed by atoms with E-state index in [1.807, 2.05) is 37.4 Å². The molecule has 1 amide bonds. The van der Waals surface area contributed by atoms with Gasteiger partial charge in [0.1, 0.15) is 0 Å². The summed E-state index contributed by atoms with van der Waals surface area (Å²) in [5, 5.41) is 6.91. The zero-order valence-corrected chi connectivity index (χ0v) is 14.1. The lowest BCUT2D eigenvalue weighted by molar-refractivity contribution is -0.126. The van der Waals surface area contributed by atoms with Gasteiger partial charge in [-0.1, -0.05) is 48.3 Å². The van der Waals surface area contributed by atoms with Gasteiger partial charge in [-0.2, -0.15) is 4.98 Å². The van der Waals surface area contributed by atoms with Gasteiger partial charge < -0.3 is 9.84 Å². The molecule has 1 fully saturated rings. The van der Waals surface area contributed by atoms with E-state index in [1.165, 1.54) is 6.42 Å². The van der Waals surface area contributed by atoms with Gasteiger partial charge in [0.15, 0.2) is 5.82 Å². The van der Waals surface area contributed by atoms with Gasteiger partial charge in [-0.05, 0) is 32.0 Å². The lowest BCUT2D eigenvalue weighted by atomic mass is 10.1. The van der Waals surface area contributed by atoms with Crippen LogP contribution < -0.4 is 5.32 Å². The summed E-state index contributed by atoms with van der Waals surface area (Å²) in [4.78, 5) is 18.9. The fraction of sp³-hybridized carbons (Fsp3) is 0.500. The molecule has 0 saturated carbocycles. The van der Waals surface area contributed by atoms with Gasteiger partial charge in [0, 0.05) is 6.42 Å². The molecule has 1 saturated heterocycles. The number of likely N-dealkylation sites (N-methyl/N-ethyl adjacent to an activating group) is 1. The van der Waals surface area contributed by atoms with Crippen LogP contribution >= 0.6 is 0 Å². The maximum absolute atomic E-state index is 12.4. The third kappa shape index (κ3) is 4.41. The van der Waals surface area contributed by atoms with E-state index >= 15 is 0 Å². The van der Waals surface area contributed by atoms with E-state index in [1.54, 1.807) is 0 Å². The summed E-state index contributed by atoms with van der Waals surface area (Å²) in [5.74, 6) is 1.13. The van der Waals surface area contributed by atoms with Crippen LogP contribution in [0.25, 0.3) is 0 Å². The average molecular weight is 328 g/mol. The third-order valence-corrected chi connectivity index (χ3v) is 4.45. The molecule has 1 atom stereocenters. The Balaban J connectivity index is 1.52. The number of carbonyl (C=O) groups is 1. The van der Waals surface area contributed by atoms with E-state index < -0.39 is 0 Å². The standard InChI is InChI=1S/C18H24N4O2/c1-22-11-7-3-6-10-15(22)18(23)19-13-17-20-16(21-24-17)12-14-8-4-2-5-9-14/h2,4-5,8-9,15H,3,6-7,10-13H2,1H3,(H,19,23). The Hall–Kier alpha value is -2.21. The van der Waals surface area contributed by atoms with Gasteiger partial charge in [-0.15, -0.1) is 0 Å². The second kappa shape index (κ2) is 8.06. The summed E-state index contributed by atoms with van der Waals surface area (Å²) in [6.45, 7) is 1.25. The van der Waals surface area contributed by atoms with Crippen LogP contribution in [0.3, 0.4) is 0 Å². The first-order valence-corrected chi connectivity index (χ1v) is 8.56. The molecule has 24 heavy (non-hydrogen) atoms. The van der Waals surface area contributed by atoms with Gasteiger partial charge in [0.25, 0.3) is 0 Å². The molecule has 0 aliphatic carbocycles. The van der Waals surface area contributed by atoms with E-state index in [0.717, 1.165) is 31.4 Å². The summed E-state index contributed by atoms with van der Waals surface area (Å²) < 4.78 is 5.24. The number of amides is 1. The number of aromatic nitrogens is 2. The van der Waals surface area contributed by atoms with Gasteiger partial charge in [-0.3, -0.25) is 9.69 Å². The van der Waals surface area contributed by atoms with Crippen molar-refractivity contribution < 1.29 is 9.32 Å². The van der Waals surface area contributed by atoms with Crippen molar-refractivity contribution in [2.45, 2.75) is 44.7 Å². The van der Waals surface area contributed by atoms with Crippen molar-refractivity contribution in [3.8, 4) is 0 Å². The van der Waals surface area contributed by atoms with Gasteiger partial charge >= 0.3 is 0 Å². The van der Waals surface area contributed by atoms with Crippen LogP contribution in [0, 0.1) is 0 Å². The molecule has 128 valence electrons. The number of rotatable bonds is 5. The van der Waals surface area contributed by atoms with Crippen molar-refractivity contribution in [1.82, 2.24) is 20.4 Å². The highest BCUT2D eigenvalue weighted by atomic mass is 16.5. The summed E-state index contributed by atoms with van der Waals surface area (Å²) in [5.41, 5.74) is 1.13. The number of hydrogen-bond donors (Lipinski definition) is 1. The minimum Gasteiger partial charge on any atom is -0.346 e. The minimum atomic E-state index is -0.0563. The first-order chi connectivity index (χ1) is 11.7. The molecule has 1 N–H and O–H groups in total. The molecule has 1 unspecified atom stereocenters. The highest BCUT2D eigenvalue weighted by Crippen LogP contribution is 2.15. The van der Waals surface area contributed by atoms with Crippen molar-refractivity contribution in [3.05, 3.63) is 47.6 Å². The largest absolute Gasteiger partial charge is 0.346 e. The molecular weight excluding hydrogens is 304 g/mol. The lowest BCUT2D eigenvalue weighted by Gasteiger charge is -2.24. The molecule has 6 nitrogen and oxygen atoms in total. The van der Waals surface area contributed by atoms with Gasteiger partial charge in [0.05, 0.1) is 12.6 Å². The topological polar surface area (TPSA) is 71.3 Å². The highest BCUT2D eigenvalue weighted by Gasteiger charge is 2.24. The van der Waals surface area contributed by atoms with Crippen LogP contribution in [0.2, 0.25) is 0 Å². The normalized spacial score (nSPS) is 19.0. The van der Waals surface area contributed by atoms with Gasteiger partial charge in [0.2, 0.25) is 11.8 Å². The van der Waals surface area contributed by atoms with Crippen molar-refractivity contribution in [2.24, 2.45) is 0 Å². The number of hydrogen-bond acceptors (Lipinski definition) is 5. The second-order valence-electron chi connectivity index (χ2n) is 6.33. The van der Waals surface area contributed by atoms with Crippen LogP contribution in [0.5, 0.6) is 0 Å². The third-order valence-electron chi connectivity index (χ3n) is 4.45. The average Bonchev–Trinajstić information content (AvgIpc) is 2.92. The number of carbonyl (C=O) groups excluding carboxylic acids is 1. The van der Waals surface area contributed by atoms with E-state index in [-0.39, 0.29) is 18.5 Å². The van der Waals surface area contributed by atoms with Crippen molar-refractivity contribution in [2.75, 3.05) is 13.6 Å². The van der Waals surface area contributed by atoms with E-state index in [9.17, 15) is 4.79 Å². The molecule has 1 aliphatic heterocycles. The molecular formula is C18H24N4O2. The molecule has 2 heterocycles. The Bertz CT molecular complexity index is 656. The Morgan fingerprint density at radius 3 is 2.96 bits per heavy atom.